The Kier molecular flexibility index (Phi) is 1.27. The molecule has 0 radical (unpaired) electrons. The summed E-state index contributed by atoms with van der Waals surface area (Å²) in [5.74, 6) is 0. The summed E-state index contributed by atoms with van der Waals surface area (Å²) in [6.07, 6.45) is 1.73. The number of rotatable bonds is 1. The molecule has 1 saturated carbocycles. The highest BCUT2D eigenvalue weighted by Gasteiger charge is 2.37. The predicted molar refractivity (Wildman–Crippen MR) is 31.3 cm³/mol. The summed E-state index contributed by atoms with van der Waals surface area (Å²) in [5.41, 5.74) is 5.41. The van der Waals surface area contributed by atoms with E-state index in [0.717, 1.165) is 12.8 Å². The molecule has 1 rings (SSSR count). The highest BCUT2D eigenvalue weighted by Crippen LogP contribution is 2.39. The summed E-state index contributed by atoms with van der Waals surface area (Å²) >= 11 is 0. The fourth-order valence-corrected chi connectivity index (χ4v) is 1.32. The topological polar surface area (TPSA) is 26.0 Å². The minimum Gasteiger partial charge on any atom is -0.328 e. The average Bonchev–Trinajstić information content (AvgIpc) is 1.63. The van der Waals surface area contributed by atoms with Crippen LogP contribution in [0.15, 0.2) is 0 Å². The first-order valence-corrected chi connectivity index (χ1v) is 2.98. The number of alkyl halides is 1. The van der Waals surface area contributed by atoms with E-state index in [0.29, 0.717) is 0 Å². The average molecular weight is 117 g/mol. The van der Waals surface area contributed by atoms with Crippen LogP contribution in [0.2, 0.25) is 0 Å². The Morgan fingerprint density at radius 1 is 1.75 bits per heavy atom. The van der Waals surface area contributed by atoms with Crippen molar-refractivity contribution in [3.05, 3.63) is 0 Å². The zero-order chi connectivity index (χ0) is 6.20. The molecule has 0 saturated heterocycles. The van der Waals surface area contributed by atoms with E-state index in [1.165, 1.54) is 0 Å². The van der Waals surface area contributed by atoms with Crippen molar-refractivity contribution in [2.24, 2.45) is 11.1 Å². The Labute approximate surface area is 49.1 Å². The van der Waals surface area contributed by atoms with E-state index in [2.05, 4.69) is 0 Å². The number of halogens is 1. The molecule has 8 heavy (non-hydrogen) atoms. The molecule has 1 nitrogen and oxygen atoms in total. The Hall–Kier alpha value is -0.110. The van der Waals surface area contributed by atoms with Crippen LogP contribution >= 0.6 is 0 Å². The highest BCUT2D eigenvalue weighted by atomic mass is 19.1. The zero-order valence-corrected chi connectivity index (χ0v) is 5.15. The Morgan fingerprint density at radius 3 is 2.38 bits per heavy atom. The quantitative estimate of drug-likeness (QED) is 0.546. The molecule has 0 unspecified atom stereocenters. The molecule has 48 valence electrons. The molecule has 0 bridgehead atoms. The second kappa shape index (κ2) is 1.69. The van der Waals surface area contributed by atoms with Crippen molar-refractivity contribution in [2.45, 2.75) is 25.8 Å². The maximum atomic E-state index is 11.9. The Bertz CT molecular complexity index is 86.5. The molecule has 1 aliphatic carbocycles. The maximum Gasteiger partial charge on any atom is 0.0949 e. The molecule has 0 aromatic rings. The van der Waals surface area contributed by atoms with Gasteiger partial charge in [0.2, 0.25) is 0 Å². The molecule has 1 aliphatic rings. The molecular weight excluding hydrogens is 105 g/mol. The van der Waals surface area contributed by atoms with Gasteiger partial charge < -0.3 is 5.73 Å². The normalized spacial score (nSPS) is 46.1. The number of hydrogen-bond donors (Lipinski definition) is 1. The first kappa shape index (κ1) is 6.02. The van der Waals surface area contributed by atoms with Crippen molar-refractivity contribution in [1.29, 1.82) is 0 Å². The van der Waals surface area contributed by atoms with Gasteiger partial charge in [-0.1, -0.05) is 6.92 Å². The second-order valence-electron chi connectivity index (χ2n) is 3.11. The molecule has 0 aromatic carbocycles. The molecule has 1 fully saturated rings. The smallest absolute Gasteiger partial charge is 0.0949 e. The van der Waals surface area contributed by atoms with Gasteiger partial charge in [-0.15, -0.1) is 0 Å². The van der Waals surface area contributed by atoms with Gasteiger partial charge in [0.25, 0.3) is 0 Å². The maximum absolute atomic E-state index is 11.9. The van der Waals surface area contributed by atoms with Crippen LogP contribution in [0, 0.1) is 5.41 Å². The molecule has 0 atom stereocenters. The van der Waals surface area contributed by atoms with Crippen LogP contribution in [0.5, 0.6) is 0 Å². The van der Waals surface area contributed by atoms with Crippen molar-refractivity contribution in [3.8, 4) is 0 Å². The summed E-state index contributed by atoms with van der Waals surface area (Å²) in [6, 6.07) is 0.274. The fraction of sp³-hybridized carbons (Fsp3) is 1.00. The van der Waals surface area contributed by atoms with Gasteiger partial charge in [-0.3, -0.25) is 4.39 Å². The van der Waals surface area contributed by atoms with Crippen LogP contribution in [0.4, 0.5) is 4.39 Å². The SMILES string of the molecule is CC1(CF)CC(N)C1. The summed E-state index contributed by atoms with van der Waals surface area (Å²) in [7, 11) is 0. The van der Waals surface area contributed by atoms with Gasteiger partial charge in [0.1, 0.15) is 0 Å². The van der Waals surface area contributed by atoms with Gasteiger partial charge in [-0.2, -0.15) is 0 Å². The van der Waals surface area contributed by atoms with E-state index in [1.807, 2.05) is 6.92 Å². The number of hydrogen-bond acceptors (Lipinski definition) is 1. The molecule has 0 heterocycles. The second-order valence-corrected chi connectivity index (χ2v) is 3.11. The minimum atomic E-state index is -0.208. The van der Waals surface area contributed by atoms with Gasteiger partial charge in [-0.25, -0.2) is 0 Å². The Balaban J connectivity index is 2.30. The lowest BCUT2D eigenvalue weighted by molar-refractivity contribution is 0.0903. The van der Waals surface area contributed by atoms with E-state index in [9.17, 15) is 4.39 Å². The fourth-order valence-electron chi connectivity index (χ4n) is 1.32. The summed E-state index contributed by atoms with van der Waals surface area (Å²) in [5, 5.41) is 0. The van der Waals surface area contributed by atoms with Gasteiger partial charge in [0.15, 0.2) is 0 Å². The van der Waals surface area contributed by atoms with E-state index >= 15 is 0 Å². The lowest BCUT2D eigenvalue weighted by Crippen LogP contribution is -2.45. The van der Waals surface area contributed by atoms with Crippen LogP contribution in [-0.4, -0.2) is 12.7 Å². The van der Waals surface area contributed by atoms with Crippen molar-refractivity contribution >= 4 is 0 Å². The van der Waals surface area contributed by atoms with Crippen molar-refractivity contribution in [3.63, 3.8) is 0 Å². The largest absolute Gasteiger partial charge is 0.328 e. The Morgan fingerprint density at radius 2 is 2.25 bits per heavy atom. The first-order valence-electron chi connectivity index (χ1n) is 2.98. The van der Waals surface area contributed by atoms with Crippen LogP contribution in [0.25, 0.3) is 0 Å². The third kappa shape index (κ3) is 0.848. The minimum absolute atomic E-state index is 0.0561. The van der Waals surface area contributed by atoms with E-state index in [-0.39, 0.29) is 18.1 Å². The van der Waals surface area contributed by atoms with E-state index in [1.54, 1.807) is 0 Å². The van der Waals surface area contributed by atoms with Gasteiger partial charge in [0, 0.05) is 6.04 Å². The third-order valence-electron chi connectivity index (χ3n) is 1.83. The first-order chi connectivity index (χ1) is 3.66. The highest BCUT2D eigenvalue weighted by molar-refractivity contribution is 4.92. The van der Waals surface area contributed by atoms with Crippen molar-refractivity contribution in [2.75, 3.05) is 6.67 Å². The van der Waals surface area contributed by atoms with Gasteiger partial charge in [-0.05, 0) is 18.3 Å². The molecule has 0 aliphatic heterocycles. The summed E-state index contributed by atoms with van der Waals surface area (Å²) in [6.45, 7) is 1.73. The van der Waals surface area contributed by atoms with Crippen LogP contribution < -0.4 is 5.73 Å². The van der Waals surface area contributed by atoms with E-state index < -0.39 is 0 Å². The number of nitrogens with two attached hydrogens (primary N) is 1. The van der Waals surface area contributed by atoms with Gasteiger partial charge >= 0.3 is 0 Å². The standard InChI is InChI=1S/C6H12FN/c1-6(4-7)2-5(8)3-6/h5H,2-4,8H2,1H3. The molecule has 0 aromatic heterocycles. The van der Waals surface area contributed by atoms with Crippen LogP contribution in [0.3, 0.4) is 0 Å². The molecule has 2 heteroatoms. The molecule has 2 N–H and O–H groups in total. The van der Waals surface area contributed by atoms with Crippen LogP contribution in [0.1, 0.15) is 19.8 Å². The van der Waals surface area contributed by atoms with E-state index in [4.69, 9.17) is 5.73 Å². The lowest BCUT2D eigenvalue weighted by atomic mass is 9.68. The van der Waals surface area contributed by atoms with Gasteiger partial charge in [0.05, 0.1) is 6.67 Å². The monoisotopic (exact) mass is 117 g/mol. The van der Waals surface area contributed by atoms with Crippen molar-refractivity contribution < 1.29 is 4.39 Å². The van der Waals surface area contributed by atoms with Crippen molar-refractivity contribution in [1.82, 2.24) is 0 Å². The van der Waals surface area contributed by atoms with Crippen LogP contribution in [-0.2, 0) is 0 Å². The lowest BCUT2D eigenvalue weighted by Gasteiger charge is -2.41. The zero-order valence-electron chi connectivity index (χ0n) is 5.15. The predicted octanol–water partition coefficient (Wildman–Crippen LogP) is 1.08. The third-order valence-corrected chi connectivity index (χ3v) is 1.83. The molecule has 0 spiro atoms. The summed E-state index contributed by atoms with van der Waals surface area (Å²) in [4.78, 5) is 0. The molecular formula is C6H12FN. The summed E-state index contributed by atoms with van der Waals surface area (Å²) < 4.78 is 11.9. The molecule has 0 amide bonds.